The standard InChI is InChI=1S/C13H22N2O3/c1-4-5-6-7-13(8-9(2)3)10(16)14-12(18)15-11(13)17/h9H,4-8H2,1-3H3,(H2,14,15,16,17,18). The molecule has 0 radical (unpaired) electrons. The Hall–Kier alpha value is -1.39. The molecular formula is C13H22N2O3. The van der Waals surface area contributed by atoms with Gasteiger partial charge in [0.1, 0.15) is 5.41 Å². The number of unbranched alkanes of at least 4 members (excludes halogenated alkanes) is 2. The maximum absolute atomic E-state index is 12.1. The molecule has 1 aliphatic rings. The Balaban J connectivity index is 2.90. The summed E-state index contributed by atoms with van der Waals surface area (Å²) in [4.78, 5) is 35.3. The first-order chi connectivity index (χ1) is 8.42. The van der Waals surface area contributed by atoms with Crippen molar-refractivity contribution < 1.29 is 14.4 Å². The van der Waals surface area contributed by atoms with Crippen LogP contribution in [0.4, 0.5) is 4.79 Å². The number of rotatable bonds is 6. The molecule has 0 unspecified atom stereocenters. The SMILES string of the molecule is CCCCCC1(CC(C)C)C(=O)NC(=O)NC1=O. The number of imide groups is 2. The monoisotopic (exact) mass is 254 g/mol. The van der Waals surface area contributed by atoms with Gasteiger partial charge in [-0.05, 0) is 18.8 Å². The second kappa shape index (κ2) is 5.98. The average Bonchev–Trinajstić information content (AvgIpc) is 2.25. The molecule has 2 N–H and O–H groups in total. The quantitative estimate of drug-likeness (QED) is 0.562. The lowest BCUT2D eigenvalue weighted by Crippen LogP contribution is -2.62. The Morgan fingerprint density at radius 3 is 2.06 bits per heavy atom. The maximum Gasteiger partial charge on any atom is 0.328 e. The molecule has 0 aromatic heterocycles. The first-order valence-electron chi connectivity index (χ1n) is 6.59. The summed E-state index contributed by atoms with van der Waals surface area (Å²) in [6, 6.07) is -0.708. The normalized spacial score (nSPS) is 18.8. The van der Waals surface area contributed by atoms with E-state index in [-0.39, 0.29) is 5.92 Å². The fourth-order valence-electron chi connectivity index (χ4n) is 2.47. The van der Waals surface area contributed by atoms with E-state index in [1.54, 1.807) is 0 Å². The van der Waals surface area contributed by atoms with Crippen molar-refractivity contribution >= 4 is 17.8 Å². The van der Waals surface area contributed by atoms with Crippen LogP contribution in [0.1, 0.15) is 52.9 Å². The van der Waals surface area contributed by atoms with Crippen molar-refractivity contribution in [1.29, 1.82) is 0 Å². The van der Waals surface area contributed by atoms with Gasteiger partial charge in [-0.1, -0.05) is 40.0 Å². The van der Waals surface area contributed by atoms with Gasteiger partial charge in [-0.3, -0.25) is 20.2 Å². The van der Waals surface area contributed by atoms with E-state index in [1.165, 1.54) is 0 Å². The highest BCUT2D eigenvalue weighted by atomic mass is 16.2. The first-order valence-corrected chi connectivity index (χ1v) is 6.59. The van der Waals surface area contributed by atoms with Crippen molar-refractivity contribution in [2.45, 2.75) is 52.9 Å². The second-order valence-electron chi connectivity index (χ2n) is 5.37. The van der Waals surface area contributed by atoms with E-state index in [1.807, 2.05) is 13.8 Å². The highest BCUT2D eigenvalue weighted by Gasteiger charge is 2.49. The van der Waals surface area contributed by atoms with Gasteiger partial charge in [0.25, 0.3) is 0 Å². The zero-order valence-electron chi connectivity index (χ0n) is 11.3. The molecule has 1 rings (SSSR count). The Morgan fingerprint density at radius 2 is 1.61 bits per heavy atom. The van der Waals surface area contributed by atoms with Crippen molar-refractivity contribution in [3.63, 3.8) is 0 Å². The molecule has 18 heavy (non-hydrogen) atoms. The van der Waals surface area contributed by atoms with E-state index >= 15 is 0 Å². The summed E-state index contributed by atoms with van der Waals surface area (Å²) in [7, 11) is 0. The molecule has 0 spiro atoms. The Kier molecular flexibility index (Phi) is 4.87. The van der Waals surface area contributed by atoms with Crippen molar-refractivity contribution in [1.82, 2.24) is 10.6 Å². The number of urea groups is 1. The van der Waals surface area contributed by atoms with E-state index < -0.39 is 23.3 Å². The van der Waals surface area contributed by atoms with Gasteiger partial charge in [-0.2, -0.15) is 0 Å². The molecule has 1 fully saturated rings. The minimum atomic E-state index is -1.07. The summed E-state index contributed by atoms with van der Waals surface area (Å²) in [6.45, 7) is 6.01. The number of hydrogen-bond donors (Lipinski definition) is 2. The predicted octanol–water partition coefficient (Wildman–Crippen LogP) is 1.97. The number of nitrogens with one attached hydrogen (secondary N) is 2. The zero-order chi connectivity index (χ0) is 13.8. The van der Waals surface area contributed by atoms with Crippen LogP contribution in [-0.2, 0) is 9.59 Å². The first kappa shape index (κ1) is 14.7. The van der Waals surface area contributed by atoms with Crippen LogP contribution in [0.15, 0.2) is 0 Å². The van der Waals surface area contributed by atoms with E-state index in [9.17, 15) is 14.4 Å². The third-order valence-electron chi connectivity index (χ3n) is 3.29. The average molecular weight is 254 g/mol. The highest BCUT2D eigenvalue weighted by Crippen LogP contribution is 2.34. The Morgan fingerprint density at radius 1 is 1.06 bits per heavy atom. The molecule has 1 heterocycles. The van der Waals surface area contributed by atoms with Crippen LogP contribution in [0.3, 0.4) is 0 Å². The molecular weight excluding hydrogens is 232 g/mol. The summed E-state index contributed by atoms with van der Waals surface area (Å²) in [6.07, 6.45) is 3.80. The number of amides is 4. The Bertz CT molecular complexity index is 330. The summed E-state index contributed by atoms with van der Waals surface area (Å²) >= 11 is 0. The van der Waals surface area contributed by atoms with Gasteiger partial charge in [-0.25, -0.2) is 4.79 Å². The zero-order valence-corrected chi connectivity index (χ0v) is 11.3. The van der Waals surface area contributed by atoms with Gasteiger partial charge in [0.15, 0.2) is 0 Å². The van der Waals surface area contributed by atoms with E-state index in [4.69, 9.17) is 0 Å². The molecule has 0 atom stereocenters. The molecule has 5 heteroatoms. The minimum absolute atomic E-state index is 0.219. The number of hydrogen-bond acceptors (Lipinski definition) is 3. The van der Waals surface area contributed by atoms with E-state index in [0.717, 1.165) is 19.3 Å². The van der Waals surface area contributed by atoms with Crippen molar-refractivity contribution in [2.75, 3.05) is 0 Å². The van der Waals surface area contributed by atoms with E-state index in [2.05, 4.69) is 17.6 Å². The van der Waals surface area contributed by atoms with Crippen LogP contribution in [0.2, 0.25) is 0 Å². The van der Waals surface area contributed by atoms with Gasteiger partial charge in [0.2, 0.25) is 11.8 Å². The molecule has 0 saturated carbocycles. The topological polar surface area (TPSA) is 75.3 Å². The molecule has 0 aliphatic carbocycles. The lowest BCUT2D eigenvalue weighted by Gasteiger charge is -2.35. The van der Waals surface area contributed by atoms with Gasteiger partial charge >= 0.3 is 6.03 Å². The summed E-state index contributed by atoms with van der Waals surface area (Å²) < 4.78 is 0. The minimum Gasteiger partial charge on any atom is -0.277 e. The number of barbiturate groups is 1. The lowest BCUT2D eigenvalue weighted by atomic mass is 9.73. The maximum atomic E-state index is 12.1. The summed E-state index contributed by atoms with van der Waals surface area (Å²) in [5.74, 6) is -0.668. The van der Waals surface area contributed by atoms with Crippen LogP contribution < -0.4 is 10.6 Å². The van der Waals surface area contributed by atoms with Crippen molar-refractivity contribution in [2.24, 2.45) is 11.3 Å². The van der Waals surface area contributed by atoms with Crippen LogP contribution in [0, 0.1) is 11.3 Å². The molecule has 0 aromatic carbocycles. The van der Waals surface area contributed by atoms with Crippen LogP contribution >= 0.6 is 0 Å². The fourth-order valence-corrected chi connectivity index (χ4v) is 2.47. The molecule has 0 aromatic rings. The molecule has 102 valence electrons. The van der Waals surface area contributed by atoms with Gasteiger partial charge in [-0.15, -0.1) is 0 Å². The van der Waals surface area contributed by atoms with E-state index in [0.29, 0.717) is 12.8 Å². The molecule has 0 bridgehead atoms. The summed E-state index contributed by atoms with van der Waals surface area (Å²) in [5.41, 5.74) is -1.07. The van der Waals surface area contributed by atoms with Crippen molar-refractivity contribution in [3.05, 3.63) is 0 Å². The Labute approximate surface area is 108 Å². The van der Waals surface area contributed by atoms with Gasteiger partial charge < -0.3 is 0 Å². The summed E-state index contributed by atoms with van der Waals surface area (Å²) in [5, 5.41) is 4.45. The predicted molar refractivity (Wildman–Crippen MR) is 67.7 cm³/mol. The highest BCUT2D eigenvalue weighted by molar-refractivity contribution is 6.19. The van der Waals surface area contributed by atoms with Crippen LogP contribution in [0.25, 0.3) is 0 Å². The number of carbonyl (C=O) groups excluding carboxylic acids is 3. The van der Waals surface area contributed by atoms with Crippen LogP contribution in [0.5, 0.6) is 0 Å². The fraction of sp³-hybridized carbons (Fsp3) is 0.769. The lowest BCUT2D eigenvalue weighted by molar-refractivity contribution is -0.146. The van der Waals surface area contributed by atoms with Gasteiger partial charge in [0.05, 0.1) is 0 Å². The van der Waals surface area contributed by atoms with Gasteiger partial charge in [0, 0.05) is 0 Å². The smallest absolute Gasteiger partial charge is 0.277 e. The number of carbonyl (C=O) groups is 3. The molecule has 1 saturated heterocycles. The molecule has 4 amide bonds. The molecule has 5 nitrogen and oxygen atoms in total. The third kappa shape index (κ3) is 3.09. The largest absolute Gasteiger partial charge is 0.328 e. The van der Waals surface area contributed by atoms with Crippen molar-refractivity contribution in [3.8, 4) is 0 Å². The van der Waals surface area contributed by atoms with Crippen LogP contribution in [-0.4, -0.2) is 17.8 Å². The second-order valence-corrected chi connectivity index (χ2v) is 5.37. The third-order valence-corrected chi connectivity index (χ3v) is 3.29. The molecule has 1 aliphatic heterocycles.